The number of carbonyl (C=O) groups excluding carboxylic acids is 1. The van der Waals surface area contributed by atoms with Crippen LogP contribution < -0.4 is 5.32 Å². The van der Waals surface area contributed by atoms with Crippen LogP contribution in [-0.2, 0) is 13.1 Å². The first kappa shape index (κ1) is 17.3. The minimum absolute atomic E-state index is 0.0917. The van der Waals surface area contributed by atoms with Gasteiger partial charge in [0.1, 0.15) is 12.7 Å². The monoisotopic (exact) mass is 377 g/mol. The Balaban J connectivity index is 1.43. The number of carbonyl (C=O) groups is 1. The van der Waals surface area contributed by atoms with E-state index >= 15 is 0 Å². The standard InChI is InChI=1S/C18H15N7O3/c26-18(17-15-7-14(25(27)28)5-6-16(15)22-23-17)20-8-12-1-3-13(4-2-12)9-24-11-19-10-21-24/h1-7,10-11H,8-9H2,(H,20,26)(H,22,23). The Bertz CT molecular complexity index is 1130. The number of H-pyrrole nitrogens is 1. The minimum atomic E-state index is -0.505. The summed E-state index contributed by atoms with van der Waals surface area (Å²) in [6.07, 6.45) is 3.13. The zero-order valence-corrected chi connectivity index (χ0v) is 14.6. The SMILES string of the molecule is O=C(NCc1ccc(Cn2cncn2)cc1)c1n[nH]c2ccc([N+](=O)[O-])cc12. The van der Waals surface area contributed by atoms with E-state index in [0.29, 0.717) is 24.0 Å². The van der Waals surface area contributed by atoms with E-state index in [1.165, 1.54) is 24.5 Å². The van der Waals surface area contributed by atoms with Crippen LogP contribution >= 0.6 is 0 Å². The molecular formula is C18H15N7O3. The van der Waals surface area contributed by atoms with Crippen molar-refractivity contribution >= 4 is 22.5 Å². The number of aromatic nitrogens is 5. The minimum Gasteiger partial charge on any atom is -0.347 e. The number of non-ortho nitro benzene ring substituents is 1. The van der Waals surface area contributed by atoms with Crippen LogP contribution in [0.15, 0.2) is 55.1 Å². The van der Waals surface area contributed by atoms with Gasteiger partial charge in [0, 0.05) is 24.1 Å². The molecule has 0 saturated carbocycles. The Morgan fingerprint density at radius 1 is 1.18 bits per heavy atom. The average Bonchev–Trinajstić information content (AvgIpc) is 3.36. The molecule has 28 heavy (non-hydrogen) atoms. The molecule has 4 aromatic rings. The van der Waals surface area contributed by atoms with Gasteiger partial charge in [-0.15, -0.1) is 0 Å². The molecule has 0 fully saturated rings. The van der Waals surface area contributed by atoms with Crippen LogP contribution in [0.1, 0.15) is 21.6 Å². The van der Waals surface area contributed by atoms with E-state index in [1.54, 1.807) is 11.0 Å². The number of nitro benzene ring substituents is 1. The van der Waals surface area contributed by atoms with Gasteiger partial charge in [0.25, 0.3) is 11.6 Å². The van der Waals surface area contributed by atoms with Crippen LogP contribution in [-0.4, -0.2) is 35.8 Å². The Kier molecular flexibility index (Phi) is 4.50. The Morgan fingerprint density at radius 2 is 1.96 bits per heavy atom. The summed E-state index contributed by atoms with van der Waals surface area (Å²) < 4.78 is 1.72. The summed E-state index contributed by atoms with van der Waals surface area (Å²) in [5, 5.41) is 24.9. The fourth-order valence-electron chi connectivity index (χ4n) is 2.82. The van der Waals surface area contributed by atoms with Gasteiger partial charge in [-0.2, -0.15) is 10.2 Å². The molecule has 140 valence electrons. The molecule has 1 amide bonds. The van der Waals surface area contributed by atoms with Gasteiger partial charge in [-0.3, -0.25) is 20.0 Å². The van der Waals surface area contributed by atoms with Crippen LogP contribution in [0.5, 0.6) is 0 Å². The molecule has 2 aromatic heterocycles. The van der Waals surface area contributed by atoms with Crippen LogP contribution in [0, 0.1) is 10.1 Å². The van der Waals surface area contributed by atoms with Crippen molar-refractivity contribution in [1.82, 2.24) is 30.3 Å². The van der Waals surface area contributed by atoms with Crippen molar-refractivity contribution in [2.24, 2.45) is 0 Å². The van der Waals surface area contributed by atoms with E-state index < -0.39 is 10.8 Å². The molecule has 0 spiro atoms. The first-order valence-corrected chi connectivity index (χ1v) is 8.41. The maximum absolute atomic E-state index is 12.5. The summed E-state index contributed by atoms with van der Waals surface area (Å²) in [5.41, 5.74) is 2.58. The highest BCUT2D eigenvalue weighted by molar-refractivity contribution is 6.05. The van der Waals surface area contributed by atoms with Gasteiger partial charge >= 0.3 is 0 Å². The van der Waals surface area contributed by atoms with Gasteiger partial charge in [-0.05, 0) is 17.2 Å². The van der Waals surface area contributed by atoms with E-state index in [-0.39, 0.29) is 11.4 Å². The van der Waals surface area contributed by atoms with Crippen LogP contribution in [0.4, 0.5) is 5.69 Å². The van der Waals surface area contributed by atoms with Gasteiger partial charge in [0.2, 0.25) is 0 Å². The van der Waals surface area contributed by atoms with Crippen molar-refractivity contribution in [3.05, 3.63) is 82.1 Å². The zero-order valence-electron chi connectivity index (χ0n) is 14.6. The number of fused-ring (bicyclic) bond motifs is 1. The quantitative estimate of drug-likeness (QED) is 0.390. The highest BCUT2D eigenvalue weighted by Crippen LogP contribution is 2.22. The smallest absolute Gasteiger partial charge is 0.272 e. The van der Waals surface area contributed by atoms with Gasteiger partial charge in [0.05, 0.1) is 17.0 Å². The van der Waals surface area contributed by atoms with Gasteiger partial charge < -0.3 is 5.32 Å². The van der Waals surface area contributed by atoms with Crippen LogP contribution in [0.3, 0.4) is 0 Å². The van der Waals surface area contributed by atoms with Crippen molar-refractivity contribution in [2.75, 3.05) is 0 Å². The lowest BCUT2D eigenvalue weighted by Crippen LogP contribution is -2.23. The fourth-order valence-corrected chi connectivity index (χ4v) is 2.82. The van der Waals surface area contributed by atoms with Crippen molar-refractivity contribution in [3.63, 3.8) is 0 Å². The van der Waals surface area contributed by atoms with E-state index in [4.69, 9.17) is 0 Å². The summed E-state index contributed by atoms with van der Waals surface area (Å²) >= 11 is 0. The van der Waals surface area contributed by atoms with Gasteiger partial charge in [-0.1, -0.05) is 24.3 Å². The second-order valence-electron chi connectivity index (χ2n) is 6.15. The van der Waals surface area contributed by atoms with E-state index in [2.05, 4.69) is 25.6 Å². The van der Waals surface area contributed by atoms with Crippen LogP contribution in [0.2, 0.25) is 0 Å². The first-order chi connectivity index (χ1) is 13.6. The second kappa shape index (κ2) is 7.27. The molecule has 2 aromatic carbocycles. The lowest BCUT2D eigenvalue weighted by Gasteiger charge is -2.06. The molecule has 0 aliphatic heterocycles. The van der Waals surface area contributed by atoms with Crippen molar-refractivity contribution < 1.29 is 9.72 Å². The molecule has 0 atom stereocenters. The van der Waals surface area contributed by atoms with E-state index in [9.17, 15) is 14.9 Å². The predicted octanol–water partition coefficient (Wildman–Crippen LogP) is 2.04. The molecule has 0 saturated heterocycles. The average molecular weight is 377 g/mol. The molecule has 0 bridgehead atoms. The maximum Gasteiger partial charge on any atom is 0.272 e. The van der Waals surface area contributed by atoms with E-state index in [0.717, 1.165) is 11.1 Å². The number of amides is 1. The summed E-state index contributed by atoms with van der Waals surface area (Å²) in [5.74, 6) is -0.404. The highest BCUT2D eigenvalue weighted by Gasteiger charge is 2.17. The van der Waals surface area contributed by atoms with Gasteiger partial charge in [0.15, 0.2) is 5.69 Å². The third-order valence-electron chi connectivity index (χ3n) is 4.26. The number of hydrogen-bond donors (Lipinski definition) is 2. The number of nitro groups is 1. The lowest BCUT2D eigenvalue weighted by atomic mass is 10.1. The number of rotatable bonds is 6. The number of nitrogens with zero attached hydrogens (tertiary/aromatic N) is 5. The largest absolute Gasteiger partial charge is 0.347 e. The molecule has 0 unspecified atom stereocenters. The van der Waals surface area contributed by atoms with Crippen molar-refractivity contribution in [1.29, 1.82) is 0 Å². The number of benzene rings is 2. The Labute approximate surface area is 158 Å². The highest BCUT2D eigenvalue weighted by atomic mass is 16.6. The molecule has 2 N–H and O–H groups in total. The molecule has 0 radical (unpaired) electrons. The maximum atomic E-state index is 12.5. The number of hydrogen-bond acceptors (Lipinski definition) is 6. The number of nitrogens with one attached hydrogen (secondary N) is 2. The molecule has 10 nitrogen and oxygen atoms in total. The summed E-state index contributed by atoms with van der Waals surface area (Å²) in [6, 6.07) is 12.0. The van der Waals surface area contributed by atoms with E-state index in [1.807, 2.05) is 24.3 Å². The Morgan fingerprint density at radius 3 is 2.68 bits per heavy atom. The molecule has 4 rings (SSSR count). The van der Waals surface area contributed by atoms with Crippen molar-refractivity contribution in [3.8, 4) is 0 Å². The topological polar surface area (TPSA) is 132 Å². The Hall–Kier alpha value is -4.08. The molecule has 2 heterocycles. The fraction of sp³-hybridized carbons (Fsp3) is 0.111. The zero-order chi connectivity index (χ0) is 19.5. The molecule has 0 aliphatic carbocycles. The molecular weight excluding hydrogens is 362 g/mol. The molecule has 10 heteroatoms. The predicted molar refractivity (Wildman–Crippen MR) is 99.5 cm³/mol. The summed E-state index contributed by atoms with van der Waals surface area (Å²) in [4.78, 5) is 26.8. The lowest BCUT2D eigenvalue weighted by molar-refractivity contribution is -0.384. The normalized spacial score (nSPS) is 10.9. The second-order valence-corrected chi connectivity index (χ2v) is 6.15. The number of aromatic amines is 1. The molecule has 0 aliphatic rings. The third-order valence-corrected chi connectivity index (χ3v) is 4.26. The third kappa shape index (κ3) is 3.56. The van der Waals surface area contributed by atoms with Gasteiger partial charge in [-0.25, -0.2) is 9.67 Å². The summed E-state index contributed by atoms with van der Waals surface area (Å²) in [7, 11) is 0. The van der Waals surface area contributed by atoms with Crippen molar-refractivity contribution in [2.45, 2.75) is 13.1 Å². The first-order valence-electron chi connectivity index (χ1n) is 8.41. The van der Waals surface area contributed by atoms with Crippen LogP contribution in [0.25, 0.3) is 10.9 Å². The summed E-state index contributed by atoms with van der Waals surface area (Å²) in [6.45, 7) is 0.927.